The summed E-state index contributed by atoms with van der Waals surface area (Å²) in [6.07, 6.45) is 2.66. The normalized spacial score (nSPS) is 63.4. The molecule has 11 atom stereocenters. The predicted octanol–water partition coefficient (Wildman–Crippen LogP) is 1.94. The third-order valence-electron chi connectivity index (χ3n) is 8.78. The lowest BCUT2D eigenvalue weighted by Crippen LogP contribution is -2.67. The van der Waals surface area contributed by atoms with E-state index in [9.17, 15) is 20.4 Å². The number of aliphatic hydroxyl groups excluding tert-OH is 4. The maximum Gasteiger partial charge on any atom is 0.0861 e. The molecule has 4 rings (SSSR count). The molecule has 4 saturated carbocycles. The quantitative estimate of drug-likeness (QED) is 0.544. The van der Waals surface area contributed by atoms with Gasteiger partial charge in [-0.25, -0.2) is 0 Å². The van der Waals surface area contributed by atoms with E-state index < -0.39 is 30.3 Å². The molecular weight excluding hydrogens is 304 g/mol. The largest absolute Gasteiger partial charge is 0.390 e. The minimum atomic E-state index is -0.931. The molecule has 0 aliphatic heterocycles. The standard InChI is InChI=1S/C20H34O4/c1-10-8-12-14-11(4-6-19(12,2)9-10)20(3)7-5-13(21)16(22)15(20)18(24)17(14)23/h10-18,21-24H,4-9H2,1-3H3/t10?,11?,12?,13-,14?,15?,16+,17-,18-,19-,20-/m1/s1. The lowest BCUT2D eigenvalue weighted by atomic mass is 9.43. The minimum absolute atomic E-state index is 0.132. The number of hydrogen-bond acceptors (Lipinski definition) is 4. The Hall–Kier alpha value is -0.160. The highest BCUT2D eigenvalue weighted by molar-refractivity contribution is 5.14. The summed E-state index contributed by atoms with van der Waals surface area (Å²) >= 11 is 0. The van der Waals surface area contributed by atoms with Crippen molar-refractivity contribution in [1.29, 1.82) is 0 Å². The van der Waals surface area contributed by atoms with Crippen LogP contribution in [0.4, 0.5) is 0 Å². The van der Waals surface area contributed by atoms with E-state index in [4.69, 9.17) is 0 Å². The number of aliphatic hydroxyl groups is 4. The fourth-order valence-corrected chi connectivity index (χ4v) is 7.75. The van der Waals surface area contributed by atoms with Crippen LogP contribution in [0.2, 0.25) is 0 Å². The summed E-state index contributed by atoms with van der Waals surface area (Å²) in [4.78, 5) is 0. The second-order valence-corrected chi connectivity index (χ2v) is 10.1. The Labute approximate surface area is 145 Å². The molecule has 4 heteroatoms. The molecule has 4 aliphatic rings. The lowest BCUT2D eigenvalue weighted by molar-refractivity contribution is -0.249. The van der Waals surface area contributed by atoms with Crippen molar-refractivity contribution in [1.82, 2.24) is 0 Å². The second-order valence-electron chi connectivity index (χ2n) is 10.1. The van der Waals surface area contributed by atoms with Crippen LogP contribution in [0.3, 0.4) is 0 Å². The lowest BCUT2D eigenvalue weighted by Gasteiger charge is -2.63. The fraction of sp³-hybridized carbons (Fsp3) is 1.00. The van der Waals surface area contributed by atoms with Crippen LogP contribution in [0.1, 0.15) is 59.3 Å². The van der Waals surface area contributed by atoms with Gasteiger partial charge in [-0.15, -0.1) is 0 Å². The van der Waals surface area contributed by atoms with E-state index in [2.05, 4.69) is 20.8 Å². The van der Waals surface area contributed by atoms with Gasteiger partial charge in [0.25, 0.3) is 0 Å². The minimum Gasteiger partial charge on any atom is -0.390 e. The first-order valence-electron chi connectivity index (χ1n) is 9.91. The third-order valence-corrected chi connectivity index (χ3v) is 8.78. The van der Waals surface area contributed by atoms with Crippen molar-refractivity contribution >= 4 is 0 Å². The highest BCUT2D eigenvalue weighted by Gasteiger charge is 2.65. The van der Waals surface area contributed by atoms with Gasteiger partial charge < -0.3 is 20.4 Å². The number of rotatable bonds is 0. The van der Waals surface area contributed by atoms with Crippen molar-refractivity contribution in [2.24, 2.45) is 40.4 Å². The highest BCUT2D eigenvalue weighted by Crippen LogP contribution is 2.66. The van der Waals surface area contributed by atoms with Crippen molar-refractivity contribution in [3.63, 3.8) is 0 Å². The van der Waals surface area contributed by atoms with Gasteiger partial charge in [-0.05, 0) is 73.0 Å². The van der Waals surface area contributed by atoms with Gasteiger partial charge in [0.05, 0.1) is 24.4 Å². The zero-order chi connectivity index (χ0) is 17.4. The Morgan fingerprint density at radius 3 is 2.25 bits per heavy atom. The Kier molecular flexibility index (Phi) is 3.90. The first-order valence-corrected chi connectivity index (χ1v) is 9.91. The van der Waals surface area contributed by atoms with Gasteiger partial charge in [0.1, 0.15) is 0 Å². The smallest absolute Gasteiger partial charge is 0.0861 e. The summed E-state index contributed by atoms with van der Waals surface area (Å²) in [5.74, 6) is 1.21. The van der Waals surface area contributed by atoms with Crippen LogP contribution in [0.15, 0.2) is 0 Å². The maximum atomic E-state index is 11.0. The summed E-state index contributed by atoms with van der Waals surface area (Å²) in [5, 5.41) is 42.6. The van der Waals surface area contributed by atoms with Gasteiger partial charge in [-0.2, -0.15) is 0 Å². The molecule has 0 radical (unpaired) electrons. The van der Waals surface area contributed by atoms with Crippen molar-refractivity contribution in [3.8, 4) is 0 Å². The van der Waals surface area contributed by atoms with Gasteiger partial charge in [0, 0.05) is 5.92 Å². The van der Waals surface area contributed by atoms with Crippen molar-refractivity contribution in [3.05, 3.63) is 0 Å². The maximum absolute atomic E-state index is 11.0. The molecule has 0 spiro atoms. The Balaban J connectivity index is 1.73. The van der Waals surface area contributed by atoms with Crippen LogP contribution in [0.25, 0.3) is 0 Å². The summed E-state index contributed by atoms with van der Waals surface area (Å²) in [7, 11) is 0. The zero-order valence-electron chi connectivity index (χ0n) is 15.2. The molecule has 0 heterocycles. The van der Waals surface area contributed by atoms with E-state index in [1.807, 2.05) is 0 Å². The van der Waals surface area contributed by atoms with Gasteiger partial charge in [0.2, 0.25) is 0 Å². The van der Waals surface area contributed by atoms with Crippen LogP contribution in [0.5, 0.6) is 0 Å². The fourth-order valence-electron chi connectivity index (χ4n) is 7.75. The van der Waals surface area contributed by atoms with Crippen LogP contribution >= 0.6 is 0 Å². The molecule has 0 aromatic rings. The van der Waals surface area contributed by atoms with Gasteiger partial charge in [0.15, 0.2) is 0 Å². The van der Waals surface area contributed by atoms with Crippen LogP contribution in [-0.2, 0) is 0 Å². The van der Waals surface area contributed by atoms with E-state index in [1.165, 1.54) is 12.8 Å². The van der Waals surface area contributed by atoms with E-state index in [0.717, 1.165) is 19.3 Å². The number of fused-ring (bicyclic) bond motifs is 5. The third kappa shape index (κ3) is 2.12. The zero-order valence-corrected chi connectivity index (χ0v) is 15.2. The summed E-state index contributed by atoms with van der Waals surface area (Å²) < 4.78 is 0. The molecular formula is C20H34O4. The average molecular weight is 338 g/mol. The molecule has 0 bridgehead atoms. The summed E-state index contributed by atoms with van der Waals surface area (Å²) in [5.41, 5.74) is 0.104. The first kappa shape index (κ1) is 17.3. The molecule has 5 unspecified atom stereocenters. The monoisotopic (exact) mass is 338 g/mol. The average Bonchev–Trinajstić information content (AvgIpc) is 2.82. The Morgan fingerprint density at radius 1 is 0.833 bits per heavy atom. The van der Waals surface area contributed by atoms with Crippen LogP contribution in [0, 0.1) is 40.4 Å². The van der Waals surface area contributed by atoms with Gasteiger partial charge in [-0.1, -0.05) is 20.8 Å². The van der Waals surface area contributed by atoms with E-state index in [1.54, 1.807) is 0 Å². The molecule has 0 aromatic heterocycles. The molecule has 0 aromatic carbocycles. The molecule has 4 N–H and O–H groups in total. The van der Waals surface area contributed by atoms with E-state index in [0.29, 0.717) is 24.2 Å². The first-order chi connectivity index (χ1) is 11.2. The Bertz CT molecular complexity index is 510. The second kappa shape index (κ2) is 5.42. The van der Waals surface area contributed by atoms with Crippen molar-refractivity contribution in [2.45, 2.75) is 83.7 Å². The molecule has 4 aliphatic carbocycles. The molecule has 0 saturated heterocycles. The highest BCUT2D eigenvalue weighted by atomic mass is 16.3. The van der Waals surface area contributed by atoms with Gasteiger partial charge >= 0.3 is 0 Å². The number of hydrogen-bond donors (Lipinski definition) is 4. The SMILES string of the molecule is CC1CC2C3C(CC[C@]2(C)C1)[C@@]1(C)CC[C@@H](O)[C@H](O)C1[C@@H](O)[C@@H]3O. The predicted molar refractivity (Wildman–Crippen MR) is 91.1 cm³/mol. The van der Waals surface area contributed by atoms with E-state index >= 15 is 0 Å². The van der Waals surface area contributed by atoms with Gasteiger partial charge in [-0.3, -0.25) is 0 Å². The Morgan fingerprint density at radius 2 is 1.54 bits per heavy atom. The van der Waals surface area contributed by atoms with E-state index in [-0.39, 0.29) is 16.7 Å². The van der Waals surface area contributed by atoms with Crippen molar-refractivity contribution in [2.75, 3.05) is 0 Å². The summed E-state index contributed by atoms with van der Waals surface area (Å²) in [6.45, 7) is 6.89. The molecule has 4 nitrogen and oxygen atoms in total. The van der Waals surface area contributed by atoms with Crippen molar-refractivity contribution < 1.29 is 20.4 Å². The topological polar surface area (TPSA) is 80.9 Å². The van der Waals surface area contributed by atoms with Crippen LogP contribution < -0.4 is 0 Å². The molecule has 138 valence electrons. The molecule has 4 fully saturated rings. The molecule has 0 amide bonds. The molecule has 24 heavy (non-hydrogen) atoms. The summed E-state index contributed by atoms with van der Waals surface area (Å²) in [6, 6.07) is 0. The van der Waals surface area contributed by atoms with Crippen LogP contribution in [-0.4, -0.2) is 44.8 Å².